The second-order valence-electron chi connectivity index (χ2n) is 4.39. The molecule has 0 aromatic heterocycles. The summed E-state index contributed by atoms with van der Waals surface area (Å²) in [6.45, 7) is 2.11. The SMILES string of the molecule is CC(C1CC1)C(Br)c1cc(F)c(F)cc1Cl. The molecule has 1 aliphatic rings. The summed E-state index contributed by atoms with van der Waals surface area (Å²) >= 11 is 9.46. The third-order valence-electron chi connectivity index (χ3n) is 3.16. The van der Waals surface area contributed by atoms with Gasteiger partial charge in [0.2, 0.25) is 0 Å². The van der Waals surface area contributed by atoms with Crippen molar-refractivity contribution < 1.29 is 8.78 Å². The average Bonchev–Trinajstić information content (AvgIpc) is 3.05. The van der Waals surface area contributed by atoms with Crippen LogP contribution in [0.25, 0.3) is 0 Å². The van der Waals surface area contributed by atoms with Crippen molar-refractivity contribution >= 4 is 27.5 Å². The molecule has 1 aromatic carbocycles. The lowest BCUT2D eigenvalue weighted by Crippen LogP contribution is -2.07. The van der Waals surface area contributed by atoms with E-state index >= 15 is 0 Å². The fourth-order valence-corrected chi connectivity index (χ4v) is 3.10. The van der Waals surface area contributed by atoms with Gasteiger partial charge in [-0.25, -0.2) is 8.78 Å². The minimum absolute atomic E-state index is 0.0115. The van der Waals surface area contributed by atoms with Crippen LogP contribution in [0.4, 0.5) is 8.78 Å². The molecular formula is C12H12BrClF2. The Morgan fingerprint density at radius 2 is 1.88 bits per heavy atom. The van der Waals surface area contributed by atoms with Gasteiger partial charge in [0.1, 0.15) is 0 Å². The Bertz CT molecular complexity index is 404. The van der Waals surface area contributed by atoms with Gasteiger partial charge in [0.15, 0.2) is 11.6 Å². The molecule has 0 bridgehead atoms. The molecule has 2 atom stereocenters. The van der Waals surface area contributed by atoms with Gasteiger partial charge in [-0.05, 0) is 42.4 Å². The van der Waals surface area contributed by atoms with Crippen molar-refractivity contribution in [1.29, 1.82) is 0 Å². The Morgan fingerprint density at radius 3 is 2.44 bits per heavy atom. The summed E-state index contributed by atoms with van der Waals surface area (Å²) in [4.78, 5) is -0.0115. The Hall–Kier alpha value is -0.150. The quantitative estimate of drug-likeness (QED) is 0.538. The van der Waals surface area contributed by atoms with E-state index in [0.717, 1.165) is 6.07 Å². The van der Waals surface area contributed by atoms with Crippen molar-refractivity contribution in [3.8, 4) is 0 Å². The standard InChI is InChI=1S/C12H12BrClF2/c1-6(7-2-3-7)12(13)8-4-10(15)11(16)5-9(8)14/h4-7,12H,2-3H2,1H3. The first-order chi connectivity index (χ1) is 7.50. The average molecular weight is 310 g/mol. The highest BCUT2D eigenvalue weighted by molar-refractivity contribution is 9.09. The third-order valence-corrected chi connectivity index (χ3v) is 4.82. The monoisotopic (exact) mass is 308 g/mol. The van der Waals surface area contributed by atoms with Gasteiger partial charge in [0.25, 0.3) is 0 Å². The van der Waals surface area contributed by atoms with Crippen molar-refractivity contribution in [2.45, 2.75) is 24.6 Å². The van der Waals surface area contributed by atoms with Crippen LogP contribution in [0, 0.1) is 23.5 Å². The Morgan fingerprint density at radius 1 is 1.31 bits per heavy atom. The van der Waals surface area contributed by atoms with E-state index < -0.39 is 11.6 Å². The highest BCUT2D eigenvalue weighted by Crippen LogP contribution is 2.47. The number of halogens is 4. The first kappa shape index (κ1) is 12.3. The number of hydrogen-bond acceptors (Lipinski definition) is 0. The van der Waals surface area contributed by atoms with Gasteiger partial charge in [-0.1, -0.05) is 34.5 Å². The molecule has 2 rings (SSSR count). The van der Waals surface area contributed by atoms with Crippen LogP contribution in [0.5, 0.6) is 0 Å². The molecule has 88 valence electrons. The molecule has 0 saturated heterocycles. The smallest absolute Gasteiger partial charge is 0.160 e. The Balaban J connectivity index is 2.28. The second-order valence-corrected chi connectivity index (χ2v) is 5.78. The first-order valence-electron chi connectivity index (χ1n) is 5.29. The van der Waals surface area contributed by atoms with Crippen LogP contribution < -0.4 is 0 Å². The predicted octanol–water partition coefficient (Wildman–Crippen LogP) is 5.10. The lowest BCUT2D eigenvalue weighted by molar-refractivity contribution is 0.488. The van der Waals surface area contributed by atoms with Crippen LogP contribution in [0.15, 0.2) is 12.1 Å². The molecule has 1 aromatic rings. The molecule has 0 aliphatic heterocycles. The summed E-state index contributed by atoms with van der Waals surface area (Å²) < 4.78 is 26.1. The molecule has 1 aliphatic carbocycles. The van der Waals surface area contributed by atoms with Gasteiger partial charge in [0.05, 0.1) is 0 Å². The molecule has 0 heterocycles. The summed E-state index contributed by atoms with van der Waals surface area (Å²) in [6, 6.07) is 2.23. The maximum Gasteiger partial charge on any atom is 0.160 e. The lowest BCUT2D eigenvalue weighted by atomic mass is 9.96. The summed E-state index contributed by atoms with van der Waals surface area (Å²) in [5.74, 6) is -0.671. The van der Waals surface area contributed by atoms with E-state index in [1.165, 1.54) is 18.9 Å². The highest BCUT2D eigenvalue weighted by Gasteiger charge is 2.33. The number of rotatable bonds is 3. The maximum absolute atomic E-state index is 13.1. The van der Waals surface area contributed by atoms with E-state index in [1.54, 1.807) is 0 Å². The molecule has 0 amide bonds. The van der Waals surface area contributed by atoms with Crippen LogP contribution in [0.3, 0.4) is 0 Å². The molecule has 0 nitrogen and oxygen atoms in total. The molecule has 1 saturated carbocycles. The van der Waals surface area contributed by atoms with Crippen LogP contribution >= 0.6 is 27.5 Å². The van der Waals surface area contributed by atoms with Crippen molar-refractivity contribution in [2.24, 2.45) is 11.8 Å². The van der Waals surface area contributed by atoms with E-state index in [4.69, 9.17) is 11.6 Å². The van der Waals surface area contributed by atoms with Crippen molar-refractivity contribution in [3.63, 3.8) is 0 Å². The van der Waals surface area contributed by atoms with Crippen LogP contribution in [-0.4, -0.2) is 0 Å². The van der Waals surface area contributed by atoms with Gasteiger partial charge in [-0.2, -0.15) is 0 Å². The molecule has 4 heteroatoms. The molecule has 0 N–H and O–H groups in total. The van der Waals surface area contributed by atoms with Gasteiger partial charge in [0, 0.05) is 9.85 Å². The number of benzene rings is 1. The van der Waals surface area contributed by atoms with Crippen LogP contribution in [-0.2, 0) is 0 Å². The summed E-state index contributed by atoms with van der Waals surface area (Å²) in [6.07, 6.45) is 2.43. The van der Waals surface area contributed by atoms with Gasteiger partial charge >= 0.3 is 0 Å². The predicted molar refractivity (Wildman–Crippen MR) is 64.9 cm³/mol. The second kappa shape index (κ2) is 4.61. The lowest BCUT2D eigenvalue weighted by Gasteiger charge is -2.19. The van der Waals surface area contributed by atoms with Crippen LogP contribution in [0.2, 0.25) is 5.02 Å². The van der Waals surface area contributed by atoms with Crippen molar-refractivity contribution in [1.82, 2.24) is 0 Å². The van der Waals surface area contributed by atoms with Crippen molar-refractivity contribution in [3.05, 3.63) is 34.4 Å². The van der Waals surface area contributed by atoms with Crippen LogP contribution in [0.1, 0.15) is 30.2 Å². The summed E-state index contributed by atoms with van der Waals surface area (Å²) in [5.41, 5.74) is 0.639. The van der Waals surface area contributed by atoms with E-state index in [9.17, 15) is 8.78 Å². The minimum atomic E-state index is -0.896. The largest absolute Gasteiger partial charge is 0.204 e. The number of hydrogen-bond donors (Lipinski definition) is 0. The topological polar surface area (TPSA) is 0 Å². The zero-order chi connectivity index (χ0) is 11.9. The molecule has 0 radical (unpaired) electrons. The van der Waals surface area contributed by atoms with E-state index in [0.29, 0.717) is 17.4 Å². The molecular weight excluding hydrogens is 297 g/mol. The van der Waals surface area contributed by atoms with Gasteiger partial charge < -0.3 is 0 Å². The minimum Gasteiger partial charge on any atom is -0.204 e. The maximum atomic E-state index is 13.1. The molecule has 16 heavy (non-hydrogen) atoms. The van der Waals surface area contributed by atoms with E-state index in [2.05, 4.69) is 22.9 Å². The normalized spacial score (nSPS) is 19.6. The van der Waals surface area contributed by atoms with E-state index in [1.807, 2.05) is 0 Å². The fraction of sp³-hybridized carbons (Fsp3) is 0.500. The highest BCUT2D eigenvalue weighted by atomic mass is 79.9. The van der Waals surface area contributed by atoms with Gasteiger partial charge in [-0.3, -0.25) is 0 Å². The Kier molecular flexibility index (Phi) is 3.55. The number of alkyl halides is 1. The fourth-order valence-electron chi connectivity index (χ4n) is 1.89. The summed E-state index contributed by atoms with van der Waals surface area (Å²) in [7, 11) is 0. The molecule has 0 spiro atoms. The van der Waals surface area contributed by atoms with E-state index in [-0.39, 0.29) is 9.85 Å². The Labute approximate surface area is 107 Å². The molecule has 1 fully saturated rings. The summed E-state index contributed by atoms with van der Waals surface area (Å²) in [5, 5.41) is 0.285. The first-order valence-corrected chi connectivity index (χ1v) is 6.58. The van der Waals surface area contributed by atoms with Crippen molar-refractivity contribution in [2.75, 3.05) is 0 Å². The third kappa shape index (κ3) is 2.40. The zero-order valence-electron chi connectivity index (χ0n) is 8.81. The van der Waals surface area contributed by atoms with Gasteiger partial charge in [-0.15, -0.1) is 0 Å². The zero-order valence-corrected chi connectivity index (χ0v) is 11.2. The molecule has 2 unspecified atom stereocenters.